The molecular formula is C9H9N3O2. The van der Waals surface area contributed by atoms with Crippen LogP contribution in [0.2, 0.25) is 0 Å². The summed E-state index contributed by atoms with van der Waals surface area (Å²) in [6, 6.07) is 0. The number of carbonyl (C=O) groups excluding carboxylic acids is 1. The van der Waals surface area contributed by atoms with Crippen LogP contribution in [0.3, 0.4) is 0 Å². The number of H-pyrrole nitrogens is 1. The standard InChI is InChI=1S/C9H9N3O2/c1-14-9(13)5-2-7-8(3-6(5)10)12-4-11-7/h2,4,10H,3H2,1H3,(H,11,12). The first-order valence-electron chi connectivity index (χ1n) is 4.12. The first-order chi connectivity index (χ1) is 6.72. The van der Waals surface area contributed by atoms with Gasteiger partial charge in [0.25, 0.3) is 0 Å². The molecule has 0 fully saturated rings. The fourth-order valence-electron chi connectivity index (χ4n) is 1.39. The molecule has 1 aliphatic rings. The fourth-order valence-corrected chi connectivity index (χ4v) is 1.39. The molecule has 2 rings (SSSR count). The van der Waals surface area contributed by atoms with Crippen LogP contribution in [0, 0.1) is 5.41 Å². The summed E-state index contributed by atoms with van der Waals surface area (Å²) >= 11 is 0. The predicted molar refractivity (Wildman–Crippen MR) is 50.0 cm³/mol. The molecule has 0 spiro atoms. The van der Waals surface area contributed by atoms with Crippen molar-refractivity contribution in [3.05, 3.63) is 23.3 Å². The van der Waals surface area contributed by atoms with Gasteiger partial charge in [-0.2, -0.15) is 0 Å². The van der Waals surface area contributed by atoms with Crippen LogP contribution in [0.15, 0.2) is 11.9 Å². The van der Waals surface area contributed by atoms with Gasteiger partial charge in [0.1, 0.15) is 0 Å². The molecule has 5 heteroatoms. The van der Waals surface area contributed by atoms with Gasteiger partial charge in [0.05, 0.1) is 30.4 Å². The van der Waals surface area contributed by atoms with Crippen LogP contribution in [0.5, 0.6) is 0 Å². The topological polar surface area (TPSA) is 78.8 Å². The van der Waals surface area contributed by atoms with Gasteiger partial charge in [0.2, 0.25) is 0 Å². The number of ether oxygens (including phenoxy) is 1. The second kappa shape index (κ2) is 3.10. The zero-order chi connectivity index (χ0) is 10.1. The number of rotatable bonds is 1. The molecular weight excluding hydrogens is 182 g/mol. The minimum absolute atomic E-state index is 0.258. The van der Waals surface area contributed by atoms with E-state index in [0.29, 0.717) is 12.1 Å². The van der Waals surface area contributed by atoms with Gasteiger partial charge in [-0.25, -0.2) is 9.78 Å². The number of methoxy groups -OCH3 is 1. The Hall–Kier alpha value is -1.91. The van der Waals surface area contributed by atoms with Crippen molar-refractivity contribution in [2.24, 2.45) is 0 Å². The van der Waals surface area contributed by atoms with Crippen molar-refractivity contribution in [2.75, 3.05) is 7.11 Å². The van der Waals surface area contributed by atoms with E-state index in [1.807, 2.05) is 0 Å². The highest BCUT2D eigenvalue weighted by atomic mass is 16.5. The summed E-state index contributed by atoms with van der Waals surface area (Å²) in [7, 11) is 1.30. The van der Waals surface area contributed by atoms with Crippen molar-refractivity contribution in [3.8, 4) is 0 Å². The molecule has 14 heavy (non-hydrogen) atoms. The molecule has 2 N–H and O–H groups in total. The van der Waals surface area contributed by atoms with Crippen LogP contribution < -0.4 is 0 Å². The Kier molecular flexibility index (Phi) is 1.92. The molecule has 0 unspecified atom stereocenters. The highest BCUT2D eigenvalue weighted by Gasteiger charge is 2.22. The van der Waals surface area contributed by atoms with Crippen molar-refractivity contribution in [3.63, 3.8) is 0 Å². The zero-order valence-electron chi connectivity index (χ0n) is 7.63. The van der Waals surface area contributed by atoms with Gasteiger partial charge in [-0.3, -0.25) is 0 Å². The van der Waals surface area contributed by atoms with E-state index in [1.54, 1.807) is 12.4 Å². The van der Waals surface area contributed by atoms with Gasteiger partial charge in [0, 0.05) is 12.1 Å². The summed E-state index contributed by atoms with van der Waals surface area (Å²) < 4.78 is 4.57. The first kappa shape index (κ1) is 8.68. The van der Waals surface area contributed by atoms with E-state index in [0.717, 1.165) is 5.69 Å². The number of carbonyl (C=O) groups is 1. The van der Waals surface area contributed by atoms with Crippen LogP contribution in [-0.2, 0) is 16.0 Å². The summed E-state index contributed by atoms with van der Waals surface area (Å²) in [5.74, 6) is -0.483. The van der Waals surface area contributed by atoms with E-state index in [4.69, 9.17) is 5.41 Å². The molecule has 1 heterocycles. The second-order valence-corrected chi connectivity index (χ2v) is 2.97. The fraction of sp³-hybridized carbons (Fsp3) is 0.222. The van der Waals surface area contributed by atoms with Crippen LogP contribution >= 0.6 is 0 Å². The maximum absolute atomic E-state index is 11.2. The van der Waals surface area contributed by atoms with Gasteiger partial charge in [-0.05, 0) is 6.08 Å². The molecule has 0 radical (unpaired) electrons. The van der Waals surface area contributed by atoms with E-state index in [-0.39, 0.29) is 11.3 Å². The van der Waals surface area contributed by atoms with Crippen LogP contribution in [0.4, 0.5) is 0 Å². The SMILES string of the molecule is COC(=O)C1=Cc2nc[nH]c2CC1=N. The number of hydrogen-bond acceptors (Lipinski definition) is 4. The number of imidazole rings is 1. The van der Waals surface area contributed by atoms with E-state index in [9.17, 15) is 4.79 Å². The maximum atomic E-state index is 11.2. The lowest BCUT2D eigenvalue weighted by Gasteiger charge is -2.11. The molecule has 0 saturated heterocycles. The van der Waals surface area contributed by atoms with Crippen molar-refractivity contribution >= 4 is 17.8 Å². The minimum atomic E-state index is -0.483. The zero-order valence-corrected chi connectivity index (χ0v) is 7.63. The molecule has 0 aliphatic heterocycles. The highest BCUT2D eigenvalue weighted by molar-refractivity contribution is 6.23. The third-order valence-corrected chi connectivity index (χ3v) is 2.12. The van der Waals surface area contributed by atoms with Crippen molar-refractivity contribution < 1.29 is 9.53 Å². The van der Waals surface area contributed by atoms with Crippen LogP contribution in [-0.4, -0.2) is 28.8 Å². The Bertz CT molecular complexity index is 431. The third-order valence-electron chi connectivity index (χ3n) is 2.12. The number of aromatic nitrogens is 2. The van der Waals surface area contributed by atoms with Crippen LogP contribution in [0.25, 0.3) is 6.08 Å². The van der Waals surface area contributed by atoms with Crippen molar-refractivity contribution in [1.29, 1.82) is 5.41 Å². The van der Waals surface area contributed by atoms with Gasteiger partial charge in [0.15, 0.2) is 0 Å². The molecule has 5 nitrogen and oxygen atoms in total. The monoisotopic (exact) mass is 191 g/mol. The molecule has 1 aromatic heterocycles. The van der Waals surface area contributed by atoms with E-state index < -0.39 is 5.97 Å². The average Bonchev–Trinajstić information content (AvgIpc) is 2.62. The molecule has 1 aromatic rings. The summed E-state index contributed by atoms with van der Waals surface area (Å²) in [6.45, 7) is 0. The van der Waals surface area contributed by atoms with Crippen LogP contribution in [0.1, 0.15) is 11.4 Å². The highest BCUT2D eigenvalue weighted by Crippen LogP contribution is 2.19. The smallest absolute Gasteiger partial charge is 0.339 e. The summed E-state index contributed by atoms with van der Waals surface area (Å²) in [6.07, 6.45) is 3.52. The van der Waals surface area contributed by atoms with E-state index in [1.165, 1.54) is 7.11 Å². The molecule has 1 aliphatic carbocycles. The second-order valence-electron chi connectivity index (χ2n) is 2.97. The molecule has 0 atom stereocenters. The Labute approximate surface area is 80.3 Å². The molecule has 0 bridgehead atoms. The normalized spacial score (nSPS) is 14.6. The first-order valence-corrected chi connectivity index (χ1v) is 4.12. The average molecular weight is 191 g/mol. The predicted octanol–water partition coefficient (Wildman–Crippen LogP) is 0.542. The van der Waals surface area contributed by atoms with Crippen molar-refractivity contribution in [2.45, 2.75) is 6.42 Å². The number of nitrogens with one attached hydrogen (secondary N) is 2. The third kappa shape index (κ3) is 1.22. The van der Waals surface area contributed by atoms with Gasteiger partial charge >= 0.3 is 5.97 Å². The number of nitrogens with zero attached hydrogens (tertiary/aromatic N) is 1. The maximum Gasteiger partial charge on any atom is 0.339 e. The largest absolute Gasteiger partial charge is 0.465 e. The molecule has 0 amide bonds. The molecule has 72 valence electrons. The Morgan fingerprint density at radius 3 is 3.21 bits per heavy atom. The number of hydrogen-bond donors (Lipinski definition) is 2. The summed E-state index contributed by atoms with van der Waals surface area (Å²) in [5, 5.41) is 7.63. The lowest BCUT2D eigenvalue weighted by molar-refractivity contribution is -0.135. The lowest BCUT2D eigenvalue weighted by Crippen LogP contribution is -2.19. The van der Waals surface area contributed by atoms with E-state index in [2.05, 4.69) is 14.7 Å². The minimum Gasteiger partial charge on any atom is -0.465 e. The molecule has 0 saturated carbocycles. The Morgan fingerprint density at radius 2 is 2.50 bits per heavy atom. The molecule has 0 aromatic carbocycles. The van der Waals surface area contributed by atoms with E-state index >= 15 is 0 Å². The number of esters is 1. The summed E-state index contributed by atoms with van der Waals surface area (Å²) in [4.78, 5) is 18.2. The Balaban J connectivity index is 2.44. The van der Waals surface area contributed by atoms with Gasteiger partial charge < -0.3 is 15.1 Å². The number of aromatic amines is 1. The van der Waals surface area contributed by atoms with Crippen molar-refractivity contribution in [1.82, 2.24) is 9.97 Å². The Morgan fingerprint density at radius 1 is 1.71 bits per heavy atom. The van der Waals surface area contributed by atoms with Gasteiger partial charge in [-0.1, -0.05) is 0 Å². The summed E-state index contributed by atoms with van der Waals surface area (Å²) in [5.41, 5.74) is 2.12. The lowest BCUT2D eigenvalue weighted by atomic mass is 9.98. The quantitative estimate of drug-likeness (QED) is 0.636. The van der Waals surface area contributed by atoms with Gasteiger partial charge in [-0.15, -0.1) is 0 Å². The number of fused-ring (bicyclic) bond motifs is 1.